The highest BCUT2D eigenvalue weighted by Crippen LogP contribution is 2.26. The van der Waals surface area contributed by atoms with Crippen molar-refractivity contribution in [3.05, 3.63) is 29.8 Å². The van der Waals surface area contributed by atoms with Gasteiger partial charge in [-0.3, -0.25) is 0 Å². The number of hydrogen-bond acceptors (Lipinski definition) is 2. The molecule has 3 nitrogen and oxygen atoms in total. The average Bonchev–Trinajstić information content (AvgIpc) is 2.76. The topological polar surface area (TPSA) is 27.1 Å². The quantitative estimate of drug-likeness (QED) is 0.724. The number of methoxy groups -OCH3 is 1. The number of nitrogens with zero attached hydrogens (tertiary/aromatic N) is 2. The molecule has 0 fully saturated rings. The number of benzene rings is 1. The average molecular weight is 299 g/mol. The van der Waals surface area contributed by atoms with Gasteiger partial charge in [0.1, 0.15) is 11.6 Å². The molecule has 1 atom stereocenters. The standard InChI is InChI=1S/C15H20ClFN2O/c1-3-4-12(10-20-2)19-14-9-11(17)5-6-13(14)18-15(19)7-8-16/h5-6,9,12H,3-4,7-8,10H2,1-2H3. The summed E-state index contributed by atoms with van der Waals surface area (Å²) in [6.45, 7) is 2.72. The Bertz CT molecular complexity index is 564. The number of hydrogen-bond donors (Lipinski definition) is 0. The Hall–Kier alpha value is -1.13. The molecular weight excluding hydrogens is 279 g/mol. The molecule has 5 heteroatoms. The van der Waals surface area contributed by atoms with Crippen molar-refractivity contribution in [1.82, 2.24) is 9.55 Å². The molecule has 0 aliphatic heterocycles. The number of ether oxygens (including phenoxy) is 1. The minimum Gasteiger partial charge on any atom is -0.383 e. The lowest BCUT2D eigenvalue weighted by molar-refractivity contribution is 0.151. The SMILES string of the molecule is CCCC(COC)n1c(CCCl)nc2ccc(F)cc21. The molecule has 0 bridgehead atoms. The summed E-state index contributed by atoms with van der Waals surface area (Å²) >= 11 is 5.87. The minimum atomic E-state index is -0.247. The van der Waals surface area contributed by atoms with E-state index in [1.54, 1.807) is 19.2 Å². The number of alkyl halides is 1. The van der Waals surface area contributed by atoms with Crippen LogP contribution in [0.1, 0.15) is 31.6 Å². The Morgan fingerprint density at radius 2 is 2.25 bits per heavy atom. The van der Waals surface area contributed by atoms with Crippen molar-refractivity contribution in [2.24, 2.45) is 0 Å². The number of rotatable bonds is 7. The molecule has 2 aromatic rings. The number of halogens is 2. The van der Waals surface area contributed by atoms with Crippen molar-refractivity contribution in [2.45, 2.75) is 32.2 Å². The van der Waals surface area contributed by atoms with Gasteiger partial charge in [-0.1, -0.05) is 13.3 Å². The zero-order chi connectivity index (χ0) is 14.5. The minimum absolute atomic E-state index is 0.162. The van der Waals surface area contributed by atoms with Gasteiger partial charge in [0.25, 0.3) is 0 Å². The summed E-state index contributed by atoms with van der Waals surface area (Å²) in [5, 5.41) is 0. The molecule has 0 aliphatic rings. The summed E-state index contributed by atoms with van der Waals surface area (Å²) in [5.41, 5.74) is 1.63. The van der Waals surface area contributed by atoms with E-state index in [2.05, 4.69) is 16.5 Å². The summed E-state index contributed by atoms with van der Waals surface area (Å²) in [7, 11) is 1.68. The van der Waals surface area contributed by atoms with Crippen LogP contribution in [0.5, 0.6) is 0 Å². The van der Waals surface area contributed by atoms with Gasteiger partial charge < -0.3 is 9.30 Å². The molecule has 110 valence electrons. The zero-order valence-electron chi connectivity index (χ0n) is 11.9. The summed E-state index contributed by atoms with van der Waals surface area (Å²) in [4.78, 5) is 4.59. The molecule has 0 amide bonds. The largest absolute Gasteiger partial charge is 0.383 e. The maximum absolute atomic E-state index is 13.5. The normalized spacial score (nSPS) is 13.0. The Morgan fingerprint density at radius 3 is 2.90 bits per heavy atom. The maximum Gasteiger partial charge on any atom is 0.125 e. The first-order valence-electron chi connectivity index (χ1n) is 6.92. The molecule has 0 N–H and O–H groups in total. The van der Waals surface area contributed by atoms with E-state index in [4.69, 9.17) is 16.3 Å². The van der Waals surface area contributed by atoms with Gasteiger partial charge in [0.15, 0.2) is 0 Å². The lowest BCUT2D eigenvalue weighted by atomic mass is 10.1. The van der Waals surface area contributed by atoms with Crippen molar-refractivity contribution in [2.75, 3.05) is 19.6 Å². The molecule has 1 aromatic heterocycles. The van der Waals surface area contributed by atoms with Crippen molar-refractivity contribution in [1.29, 1.82) is 0 Å². The van der Waals surface area contributed by atoms with Gasteiger partial charge in [-0.25, -0.2) is 9.37 Å². The molecule has 1 unspecified atom stereocenters. The smallest absolute Gasteiger partial charge is 0.125 e. The fraction of sp³-hybridized carbons (Fsp3) is 0.533. The highest BCUT2D eigenvalue weighted by Gasteiger charge is 2.18. The van der Waals surface area contributed by atoms with E-state index in [1.807, 2.05) is 0 Å². The van der Waals surface area contributed by atoms with Crippen molar-refractivity contribution < 1.29 is 9.13 Å². The molecular formula is C15H20ClFN2O. The van der Waals surface area contributed by atoms with Crippen LogP contribution in [0.3, 0.4) is 0 Å². The number of aromatic nitrogens is 2. The highest BCUT2D eigenvalue weighted by molar-refractivity contribution is 6.17. The maximum atomic E-state index is 13.5. The molecule has 0 saturated carbocycles. The van der Waals surface area contributed by atoms with Crippen LogP contribution in [0, 0.1) is 5.82 Å². The van der Waals surface area contributed by atoms with Gasteiger partial charge >= 0.3 is 0 Å². The first-order chi connectivity index (χ1) is 9.71. The second kappa shape index (κ2) is 7.04. The van der Waals surface area contributed by atoms with Crippen LogP contribution in [0.15, 0.2) is 18.2 Å². The first kappa shape index (κ1) is 15.3. The van der Waals surface area contributed by atoms with E-state index >= 15 is 0 Å². The summed E-state index contributed by atoms with van der Waals surface area (Å²) < 4.78 is 21.0. The van der Waals surface area contributed by atoms with Crippen LogP contribution in [0.25, 0.3) is 11.0 Å². The van der Waals surface area contributed by atoms with Crippen LogP contribution < -0.4 is 0 Å². The van der Waals surface area contributed by atoms with Crippen molar-refractivity contribution >= 4 is 22.6 Å². The van der Waals surface area contributed by atoms with Crippen LogP contribution in [-0.4, -0.2) is 29.1 Å². The fourth-order valence-corrected chi connectivity index (χ4v) is 2.77. The van der Waals surface area contributed by atoms with Crippen LogP contribution in [0.4, 0.5) is 4.39 Å². The third kappa shape index (κ3) is 3.13. The number of fused-ring (bicyclic) bond motifs is 1. The Kier molecular flexibility index (Phi) is 5.38. The van der Waals surface area contributed by atoms with E-state index < -0.39 is 0 Å². The number of aryl methyl sites for hydroxylation is 1. The Balaban J connectivity index is 2.55. The van der Waals surface area contributed by atoms with Crippen LogP contribution in [-0.2, 0) is 11.2 Å². The lowest BCUT2D eigenvalue weighted by Crippen LogP contribution is -2.17. The molecule has 20 heavy (non-hydrogen) atoms. The van der Waals surface area contributed by atoms with E-state index in [1.165, 1.54) is 6.07 Å². The predicted octanol–water partition coefficient (Wildman–Crippen LogP) is 3.94. The van der Waals surface area contributed by atoms with E-state index in [0.29, 0.717) is 18.9 Å². The molecule has 0 radical (unpaired) electrons. The summed E-state index contributed by atoms with van der Waals surface area (Å²) in [6, 6.07) is 4.86. The van der Waals surface area contributed by atoms with Gasteiger partial charge in [0.05, 0.1) is 23.7 Å². The number of imidazole rings is 1. The fourth-order valence-electron chi connectivity index (χ4n) is 2.60. The monoisotopic (exact) mass is 298 g/mol. The van der Waals surface area contributed by atoms with E-state index in [0.717, 1.165) is 29.7 Å². The summed E-state index contributed by atoms with van der Waals surface area (Å²) in [6.07, 6.45) is 2.66. The zero-order valence-corrected chi connectivity index (χ0v) is 12.7. The first-order valence-corrected chi connectivity index (χ1v) is 7.46. The predicted molar refractivity (Wildman–Crippen MR) is 79.9 cm³/mol. The van der Waals surface area contributed by atoms with Crippen molar-refractivity contribution in [3.63, 3.8) is 0 Å². The third-order valence-electron chi connectivity index (χ3n) is 3.39. The van der Waals surface area contributed by atoms with Gasteiger partial charge in [0, 0.05) is 19.4 Å². The van der Waals surface area contributed by atoms with Gasteiger partial charge in [-0.05, 0) is 24.6 Å². The molecule has 1 heterocycles. The third-order valence-corrected chi connectivity index (χ3v) is 3.58. The Labute approximate surface area is 123 Å². The lowest BCUT2D eigenvalue weighted by Gasteiger charge is -2.20. The highest BCUT2D eigenvalue weighted by atomic mass is 35.5. The van der Waals surface area contributed by atoms with Gasteiger partial charge in [-0.15, -0.1) is 11.6 Å². The molecule has 0 spiro atoms. The van der Waals surface area contributed by atoms with Crippen molar-refractivity contribution in [3.8, 4) is 0 Å². The van der Waals surface area contributed by atoms with E-state index in [-0.39, 0.29) is 11.9 Å². The van der Waals surface area contributed by atoms with E-state index in [9.17, 15) is 4.39 Å². The molecule has 0 saturated heterocycles. The Morgan fingerprint density at radius 1 is 1.45 bits per heavy atom. The van der Waals surface area contributed by atoms with Crippen LogP contribution in [0.2, 0.25) is 0 Å². The second-order valence-corrected chi connectivity index (χ2v) is 5.25. The van der Waals surface area contributed by atoms with Gasteiger partial charge in [-0.2, -0.15) is 0 Å². The summed E-state index contributed by atoms with van der Waals surface area (Å²) in [5.74, 6) is 1.15. The van der Waals surface area contributed by atoms with Crippen LogP contribution >= 0.6 is 11.6 Å². The second-order valence-electron chi connectivity index (χ2n) is 4.87. The molecule has 1 aromatic carbocycles. The molecule has 2 rings (SSSR count). The van der Waals surface area contributed by atoms with Gasteiger partial charge in [0.2, 0.25) is 0 Å². The molecule has 0 aliphatic carbocycles.